The van der Waals surface area contributed by atoms with E-state index in [2.05, 4.69) is 19.4 Å². The van der Waals surface area contributed by atoms with Gasteiger partial charge in [-0.2, -0.15) is 8.42 Å². The van der Waals surface area contributed by atoms with Crippen molar-refractivity contribution < 1.29 is 22.2 Å². The Morgan fingerprint density at radius 2 is 1.72 bits per heavy atom. The molecular weight excluding hydrogens is 256 g/mol. The molecule has 0 aliphatic rings. The van der Waals surface area contributed by atoms with E-state index in [4.69, 9.17) is 4.55 Å². The van der Waals surface area contributed by atoms with Crippen LogP contribution in [0.3, 0.4) is 0 Å². The quantitative estimate of drug-likeness (QED) is 0.361. The van der Waals surface area contributed by atoms with Gasteiger partial charge in [0.25, 0.3) is 10.1 Å². The number of carbonyl (C=O) groups is 1. The van der Waals surface area contributed by atoms with E-state index in [-0.39, 0.29) is 11.7 Å². The molecule has 0 aromatic carbocycles. The molecule has 0 aliphatic carbocycles. The Hall–Kier alpha value is -0.660. The monoisotopic (exact) mass is 281 g/mol. The zero-order chi connectivity index (χ0) is 14.2. The molecular formula is C11H25N2O4S+. The molecule has 0 spiro atoms. The SMILES string of the molecule is CC(=O)NCCC[N+](C)(C)CCCCS(=O)(=O)O. The number of amides is 1. The highest BCUT2D eigenvalue weighted by molar-refractivity contribution is 7.85. The first-order valence-corrected chi connectivity index (χ1v) is 7.75. The first-order valence-electron chi connectivity index (χ1n) is 6.14. The van der Waals surface area contributed by atoms with E-state index in [1.165, 1.54) is 6.92 Å². The molecule has 1 amide bonds. The normalized spacial score (nSPS) is 12.4. The third-order valence-corrected chi connectivity index (χ3v) is 3.53. The molecule has 2 N–H and O–H groups in total. The summed E-state index contributed by atoms with van der Waals surface area (Å²) in [6.07, 6.45) is 2.13. The predicted octanol–water partition coefficient (Wildman–Crippen LogP) is 0.257. The minimum absolute atomic E-state index is 0.0199. The molecule has 0 aromatic rings. The number of hydrogen-bond acceptors (Lipinski definition) is 3. The van der Waals surface area contributed by atoms with Gasteiger partial charge in [-0.1, -0.05) is 0 Å². The van der Waals surface area contributed by atoms with Crippen LogP contribution in [0, 0.1) is 0 Å². The highest BCUT2D eigenvalue weighted by atomic mass is 32.2. The van der Waals surface area contributed by atoms with Gasteiger partial charge in [-0.15, -0.1) is 0 Å². The molecule has 108 valence electrons. The number of unbranched alkanes of at least 4 members (excludes halogenated alkanes) is 1. The number of quaternary nitrogens is 1. The second-order valence-electron chi connectivity index (χ2n) is 5.21. The highest BCUT2D eigenvalue weighted by Gasteiger charge is 2.14. The maximum absolute atomic E-state index is 10.7. The Morgan fingerprint density at radius 3 is 2.22 bits per heavy atom. The lowest BCUT2D eigenvalue weighted by atomic mass is 10.2. The first-order chi connectivity index (χ1) is 8.12. The van der Waals surface area contributed by atoms with Crippen molar-refractivity contribution >= 4 is 16.0 Å². The van der Waals surface area contributed by atoms with Crippen molar-refractivity contribution in [1.29, 1.82) is 0 Å². The summed E-state index contributed by atoms with van der Waals surface area (Å²) >= 11 is 0. The summed E-state index contributed by atoms with van der Waals surface area (Å²) in [5.74, 6) is -0.188. The topological polar surface area (TPSA) is 83.5 Å². The van der Waals surface area contributed by atoms with E-state index in [0.29, 0.717) is 13.0 Å². The van der Waals surface area contributed by atoms with Crippen LogP contribution in [0.25, 0.3) is 0 Å². The van der Waals surface area contributed by atoms with Gasteiger partial charge in [-0.25, -0.2) is 0 Å². The van der Waals surface area contributed by atoms with E-state index in [1.54, 1.807) is 0 Å². The summed E-state index contributed by atoms with van der Waals surface area (Å²) in [5, 5.41) is 2.74. The molecule has 0 heterocycles. The van der Waals surface area contributed by atoms with Crippen LogP contribution >= 0.6 is 0 Å². The van der Waals surface area contributed by atoms with Gasteiger partial charge in [0.15, 0.2) is 0 Å². The molecule has 0 aromatic heterocycles. The van der Waals surface area contributed by atoms with Gasteiger partial charge in [-0.05, 0) is 12.8 Å². The van der Waals surface area contributed by atoms with Gasteiger partial charge < -0.3 is 9.80 Å². The van der Waals surface area contributed by atoms with Crippen molar-refractivity contribution in [3.63, 3.8) is 0 Å². The predicted molar refractivity (Wildman–Crippen MR) is 70.8 cm³/mol. The fourth-order valence-corrected chi connectivity index (χ4v) is 2.28. The van der Waals surface area contributed by atoms with Crippen LogP contribution in [-0.2, 0) is 14.9 Å². The van der Waals surface area contributed by atoms with Crippen LogP contribution in [0.1, 0.15) is 26.2 Å². The zero-order valence-electron chi connectivity index (χ0n) is 11.5. The van der Waals surface area contributed by atoms with E-state index >= 15 is 0 Å². The summed E-state index contributed by atoms with van der Waals surface area (Å²) in [6.45, 7) is 3.94. The fourth-order valence-electron chi connectivity index (χ4n) is 1.71. The summed E-state index contributed by atoms with van der Waals surface area (Å²) in [4.78, 5) is 10.7. The Morgan fingerprint density at radius 1 is 1.17 bits per heavy atom. The number of rotatable bonds is 9. The molecule has 7 heteroatoms. The summed E-state index contributed by atoms with van der Waals surface area (Å²) in [5.41, 5.74) is 0. The van der Waals surface area contributed by atoms with Gasteiger partial charge in [-0.3, -0.25) is 9.35 Å². The molecule has 0 atom stereocenters. The molecule has 0 unspecified atom stereocenters. The molecule has 0 aliphatic heterocycles. The summed E-state index contributed by atoms with van der Waals surface area (Å²) in [7, 11) is 0.315. The molecule has 0 rings (SSSR count). The molecule has 18 heavy (non-hydrogen) atoms. The number of carbonyl (C=O) groups excluding carboxylic acids is 1. The lowest BCUT2D eigenvalue weighted by Gasteiger charge is -2.29. The Labute approximate surface area is 110 Å². The van der Waals surface area contributed by atoms with Gasteiger partial charge in [0, 0.05) is 19.9 Å². The average molecular weight is 281 g/mol. The van der Waals surface area contributed by atoms with Gasteiger partial charge in [0.05, 0.1) is 32.9 Å². The lowest BCUT2D eigenvalue weighted by Crippen LogP contribution is -2.42. The third kappa shape index (κ3) is 11.8. The van der Waals surface area contributed by atoms with E-state index in [1.807, 2.05) is 0 Å². The van der Waals surface area contributed by atoms with E-state index in [9.17, 15) is 13.2 Å². The van der Waals surface area contributed by atoms with Gasteiger partial charge in [0.2, 0.25) is 5.91 Å². The second-order valence-corrected chi connectivity index (χ2v) is 6.78. The van der Waals surface area contributed by atoms with E-state index < -0.39 is 10.1 Å². The minimum Gasteiger partial charge on any atom is -0.356 e. The van der Waals surface area contributed by atoms with Crippen molar-refractivity contribution in [2.45, 2.75) is 26.2 Å². The molecule has 0 fully saturated rings. The van der Waals surface area contributed by atoms with Gasteiger partial charge in [0.1, 0.15) is 0 Å². The molecule has 0 bridgehead atoms. The first kappa shape index (κ1) is 17.3. The number of nitrogens with one attached hydrogen (secondary N) is 1. The fraction of sp³-hybridized carbons (Fsp3) is 0.909. The van der Waals surface area contributed by atoms with Crippen molar-refractivity contribution in [2.75, 3.05) is 39.5 Å². The lowest BCUT2D eigenvalue weighted by molar-refractivity contribution is -0.890. The van der Waals surface area contributed by atoms with Crippen molar-refractivity contribution in [3.05, 3.63) is 0 Å². The molecule has 0 saturated carbocycles. The Balaban J connectivity index is 3.70. The maximum Gasteiger partial charge on any atom is 0.264 e. The van der Waals surface area contributed by atoms with Gasteiger partial charge >= 0.3 is 0 Å². The largest absolute Gasteiger partial charge is 0.356 e. The van der Waals surface area contributed by atoms with Crippen LogP contribution in [0.2, 0.25) is 0 Å². The van der Waals surface area contributed by atoms with Crippen LogP contribution in [0.5, 0.6) is 0 Å². The van der Waals surface area contributed by atoms with Crippen molar-refractivity contribution in [1.82, 2.24) is 5.32 Å². The minimum atomic E-state index is -3.83. The van der Waals surface area contributed by atoms with Crippen LogP contribution in [-0.4, -0.2) is 62.8 Å². The Kier molecular flexibility index (Phi) is 7.42. The molecule has 0 saturated heterocycles. The summed E-state index contributed by atoms with van der Waals surface area (Å²) < 4.78 is 30.5. The third-order valence-electron chi connectivity index (χ3n) is 2.73. The Bertz CT molecular complexity index is 352. The number of nitrogens with zero attached hydrogens (tertiary/aromatic N) is 1. The highest BCUT2D eigenvalue weighted by Crippen LogP contribution is 2.04. The van der Waals surface area contributed by atoms with Crippen molar-refractivity contribution in [2.24, 2.45) is 0 Å². The van der Waals surface area contributed by atoms with Crippen LogP contribution in [0.4, 0.5) is 0 Å². The maximum atomic E-state index is 10.7. The van der Waals surface area contributed by atoms with E-state index in [0.717, 1.165) is 30.4 Å². The molecule has 6 nitrogen and oxygen atoms in total. The van der Waals surface area contributed by atoms with Crippen LogP contribution < -0.4 is 5.32 Å². The molecule has 0 radical (unpaired) electrons. The second kappa shape index (κ2) is 7.70. The van der Waals surface area contributed by atoms with Crippen molar-refractivity contribution in [3.8, 4) is 0 Å². The standard InChI is InChI=1S/C11H24N2O4S/c1-11(14)12-7-6-9-13(2,3)8-4-5-10-18(15,16)17/h4-10H2,1-3H3,(H-,12,14,15,16,17)/p+1. The van der Waals surface area contributed by atoms with Crippen LogP contribution in [0.15, 0.2) is 0 Å². The smallest absolute Gasteiger partial charge is 0.264 e. The average Bonchev–Trinajstić information content (AvgIpc) is 2.18. The zero-order valence-corrected chi connectivity index (χ0v) is 12.3. The summed E-state index contributed by atoms with van der Waals surface area (Å²) in [6, 6.07) is 0. The number of hydrogen-bond donors (Lipinski definition) is 2.